The summed E-state index contributed by atoms with van der Waals surface area (Å²) in [5.41, 5.74) is 1.26. The number of nitrogens with zero attached hydrogens (tertiary/aromatic N) is 2. The molecular weight excluding hydrogens is 330 g/mol. The fraction of sp³-hybridized carbons (Fsp3) is 0.529. The lowest BCUT2D eigenvalue weighted by Gasteiger charge is -2.37. The molecule has 0 spiro atoms. The van der Waals surface area contributed by atoms with Gasteiger partial charge in [0.2, 0.25) is 0 Å². The summed E-state index contributed by atoms with van der Waals surface area (Å²) in [6.45, 7) is 6.59. The van der Waals surface area contributed by atoms with Gasteiger partial charge in [-0.25, -0.2) is 9.59 Å². The van der Waals surface area contributed by atoms with Crippen LogP contribution in [0, 0.1) is 0 Å². The van der Waals surface area contributed by atoms with Gasteiger partial charge in [-0.05, 0) is 31.5 Å². The number of methoxy groups -OCH3 is 1. The Morgan fingerprint density at radius 2 is 1.96 bits per heavy atom. The number of carbonyl (C=O) groups excluding carboxylic acids is 2. The van der Waals surface area contributed by atoms with Gasteiger partial charge < -0.3 is 19.9 Å². The zero-order valence-electron chi connectivity index (χ0n) is 14.3. The Balaban J connectivity index is 2.02. The zero-order chi connectivity index (χ0) is 17.7. The highest BCUT2D eigenvalue weighted by Crippen LogP contribution is 2.28. The van der Waals surface area contributed by atoms with Gasteiger partial charge in [0.05, 0.1) is 23.4 Å². The number of esters is 1. The number of benzene rings is 1. The molecule has 6 nitrogen and oxygen atoms in total. The Morgan fingerprint density at radius 1 is 1.29 bits per heavy atom. The molecule has 1 aromatic carbocycles. The lowest BCUT2D eigenvalue weighted by atomic mass is 10.1. The van der Waals surface area contributed by atoms with Crippen LogP contribution in [-0.2, 0) is 4.74 Å². The first-order chi connectivity index (χ1) is 11.5. The average molecular weight is 354 g/mol. The maximum absolute atomic E-state index is 12.2. The number of halogens is 1. The summed E-state index contributed by atoms with van der Waals surface area (Å²) >= 11 is 6.28. The lowest BCUT2D eigenvalue weighted by molar-refractivity contribution is 0.0600. The minimum Gasteiger partial charge on any atom is -0.465 e. The number of hydrogen-bond donors (Lipinski definition) is 1. The van der Waals surface area contributed by atoms with E-state index in [1.165, 1.54) is 7.11 Å². The quantitative estimate of drug-likeness (QED) is 0.845. The van der Waals surface area contributed by atoms with Crippen LogP contribution in [-0.4, -0.2) is 56.2 Å². The predicted octanol–water partition coefficient (Wildman–Crippen LogP) is 2.76. The summed E-state index contributed by atoms with van der Waals surface area (Å²) < 4.78 is 4.75. The van der Waals surface area contributed by atoms with Gasteiger partial charge in [0.1, 0.15) is 0 Å². The standard InChI is InChI=1S/C17H24ClN3O3/c1-4-12(2)19-17(23)21-9-7-20(8-10-21)15-11-13(16(22)24-3)5-6-14(15)18/h5-6,11-12H,4,7-10H2,1-3H3,(H,19,23). The van der Waals surface area contributed by atoms with Gasteiger partial charge in [0.15, 0.2) is 0 Å². The van der Waals surface area contributed by atoms with E-state index in [1.54, 1.807) is 23.1 Å². The third-order valence-corrected chi connectivity index (χ3v) is 4.58. The molecule has 2 amide bonds. The van der Waals surface area contributed by atoms with E-state index in [2.05, 4.69) is 10.2 Å². The van der Waals surface area contributed by atoms with Crippen LogP contribution in [0.3, 0.4) is 0 Å². The van der Waals surface area contributed by atoms with Gasteiger partial charge in [-0.3, -0.25) is 0 Å². The monoisotopic (exact) mass is 353 g/mol. The lowest BCUT2D eigenvalue weighted by Crippen LogP contribution is -2.53. The number of amides is 2. The van der Waals surface area contributed by atoms with Crippen molar-refractivity contribution in [1.29, 1.82) is 0 Å². The van der Waals surface area contributed by atoms with Gasteiger partial charge in [0.25, 0.3) is 0 Å². The normalized spacial score (nSPS) is 15.8. The first kappa shape index (κ1) is 18.4. The van der Waals surface area contributed by atoms with Crippen LogP contribution in [0.5, 0.6) is 0 Å². The Bertz CT molecular complexity index is 601. The van der Waals surface area contributed by atoms with Gasteiger partial charge in [-0.15, -0.1) is 0 Å². The molecule has 1 aliphatic heterocycles. The largest absolute Gasteiger partial charge is 0.465 e. The van der Waals surface area contributed by atoms with Gasteiger partial charge >= 0.3 is 12.0 Å². The Morgan fingerprint density at radius 3 is 2.54 bits per heavy atom. The van der Waals surface area contributed by atoms with E-state index in [0.717, 1.165) is 12.1 Å². The number of anilines is 1. The minimum absolute atomic E-state index is 0.0293. The summed E-state index contributed by atoms with van der Waals surface area (Å²) in [6, 6.07) is 5.22. The van der Waals surface area contributed by atoms with E-state index in [-0.39, 0.29) is 18.0 Å². The molecule has 1 unspecified atom stereocenters. The minimum atomic E-state index is -0.389. The maximum Gasteiger partial charge on any atom is 0.337 e. The number of ether oxygens (including phenoxy) is 1. The molecule has 7 heteroatoms. The summed E-state index contributed by atoms with van der Waals surface area (Å²) in [4.78, 5) is 27.7. The molecule has 0 radical (unpaired) electrons. The van der Waals surface area contributed by atoms with Crippen LogP contribution in [0.15, 0.2) is 18.2 Å². The molecule has 0 aromatic heterocycles. The van der Waals surface area contributed by atoms with Crippen molar-refractivity contribution in [1.82, 2.24) is 10.2 Å². The van der Waals surface area contributed by atoms with Crippen LogP contribution in [0.4, 0.5) is 10.5 Å². The molecule has 0 saturated carbocycles. The molecular formula is C17H24ClN3O3. The molecule has 0 bridgehead atoms. The second kappa shape index (κ2) is 8.24. The highest BCUT2D eigenvalue weighted by atomic mass is 35.5. The molecule has 1 aromatic rings. The molecule has 24 heavy (non-hydrogen) atoms. The SMILES string of the molecule is CCC(C)NC(=O)N1CCN(c2cc(C(=O)OC)ccc2Cl)CC1. The summed E-state index contributed by atoms with van der Waals surface area (Å²) in [7, 11) is 1.35. The van der Waals surface area contributed by atoms with Crippen molar-refractivity contribution in [2.45, 2.75) is 26.3 Å². The molecule has 0 aliphatic carbocycles. The van der Waals surface area contributed by atoms with E-state index in [1.807, 2.05) is 13.8 Å². The van der Waals surface area contributed by atoms with Crippen molar-refractivity contribution >= 4 is 29.3 Å². The average Bonchev–Trinajstić information content (AvgIpc) is 2.61. The Kier molecular flexibility index (Phi) is 6.31. The number of piperazine rings is 1. The Labute approximate surface area is 147 Å². The molecule has 1 saturated heterocycles. The first-order valence-electron chi connectivity index (χ1n) is 8.14. The molecule has 2 rings (SSSR count). The number of rotatable bonds is 4. The van der Waals surface area contributed by atoms with E-state index >= 15 is 0 Å². The molecule has 1 N–H and O–H groups in total. The van der Waals surface area contributed by atoms with E-state index in [9.17, 15) is 9.59 Å². The van der Waals surface area contributed by atoms with Crippen molar-refractivity contribution in [3.8, 4) is 0 Å². The predicted molar refractivity (Wildman–Crippen MR) is 94.9 cm³/mol. The second-order valence-corrected chi connectivity index (χ2v) is 6.30. The third kappa shape index (κ3) is 4.32. The zero-order valence-corrected chi connectivity index (χ0v) is 15.1. The highest BCUT2D eigenvalue weighted by molar-refractivity contribution is 6.33. The number of carbonyl (C=O) groups is 2. The summed E-state index contributed by atoms with van der Waals surface area (Å²) in [5.74, 6) is -0.389. The van der Waals surface area contributed by atoms with Crippen LogP contribution in [0.2, 0.25) is 5.02 Å². The Hall–Kier alpha value is -1.95. The van der Waals surface area contributed by atoms with Crippen LogP contribution >= 0.6 is 11.6 Å². The first-order valence-corrected chi connectivity index (χ1v) is 8.52. The van der Waals surface area contributed by atoms with Crippen LogP contribution in [0.25, 0.3) is 0 Å². The van der Waals surface area contributed by atoms with E-state index < -0.39 is 0 Å². The van der Waals surface area contributed by atoms with Crippen molar-refractivity contribution in [3.63, 3.8) is 0 Å². The molecule has 1 fully saturated rings. The van der Waals surface area contributed by atoms with Crippen molar-refractivity contribution in [3.05, 3.63) is 28.8 Å². The second-order valence-electron chi connectivity index (χ2n) is 5.89. The fourth-order valence-electron chi connectivity index (χ4n) is 2.55. The van der Waals surface area contributed by atoms with Crippen LogP contribution in [0.1, 0.15) is 30.6 Å². The van der Waals surface area contributed by atoms with Gasteiger partial charge in [-0.1, -0.05) is 18.5 Å². The van der Waals surface area contributed by atoms with Crippen molar-refractivity contribution in [2.24, 2.45) is 0 Å². The van der Waals surface area contributed by atoms with E-state index in [0.29, 0.717) is 36.8 Å². The van der Waals surface area contributed by atoms with Crippen molar-refractivity contribution < 1.29 is 14.3 Å². The number of nitrogens with one attached hydrogen (secondary N) is 1. The van der Waals surface area contributed by atoms with E-state index in [4.69, 9.17) is 16.3 Å². The summed E-state index contributed by atoms with van der Waals surface area (Å²) in [6.07, 6.45) is 0.904. The third-order valence-electron chi connectivity index (χ3n) is 4.26. The number of hydrogen-bond acceptors (Lipinski definition) is 4. The van der Waals surface area contributed by atoms with Crippen LogP contribution < -0.4 is 10.2 Å². The molecule has 132 valence electrons. The fourth-order valence-corrected chi connectivity index (χ4v) is 2.79. The van der Waals surface area contributed by atoms with Crippen molar-refractivity contribution in [2.75, 3.05) is 38.2 Å². The summed E-state index contributed by atoms with van der Waals surface area (Å²) in [5, 5.41) is 3.56. The van der Waals surface area contributed by atoms with Gasteiger partial charge in [-0.2, -0.15) is 0 Å². The molecule has 1 aliphatic rings. The van der Waals surface area contributed by atoms with Gasteiger partial charge in [0, 0.05) is 32.2 Å². The topological polar surface area (TPSA) is 61.9 Å². The smallest absolute Gasteiger partial charge is 0.337 e. The maximum atomic E-state index is 12.2. The molecule has 1 atom stereocenters. The molecule has 1 heterocycles. The highest BCUT2D eigenvalue weighted by Gasteiger charge is 2.23. The number of urea groups is 1.